The zero-order chi connectivity index (χ0) is 17.4. The summed E-state index contributed by atoms with van der Waals surface area (Å²) >= 11 is 0. The summed E-state index contributed by atoms with van der Waals surface area (Å²) < 4.78 is 5.43. The van der Waals surface area contributed by atoms with Gasteiger partial charge in [-0.15, -0.1) is 6.42 Å². The highest BCUT2D eigenvalue weighted by Crippen LogP contribution is 2.67. The molecule has 3 fully saturated rings. The van der Waals surface area contributed by atoms with Crippen LogP contribution >= 0.6 is 0 Å². The van der Waals surface area contributed by atoms with Gasteiger partial charge >= 0.3 is 0 Å². The Morgan fingerprint density at radius 3 is 2.84 bits per heavy atom. The minimum Gasteiger partial charge on any atom is -0.377 e. The summed E-state index contributed by atoms with van der Waals surface area (Å²) in [6.45, 7) is 4.71. The maximum absolute atomic E-state index is 11.1. The Kier molecular flexibility index (Phi) is 3.01. The molecule has 0 radical (unpaired) electrons. The summed E-state index contributed by atoms with van der Waals surface area (Å²) in [5.74, 6) is 5.64. The first-order valence-corrected chi connectivity index (χ1v) is 9.76. The third-order valence-electron chi connectivity index (χ3n) is 8.67. The van der Waals surface area contributed by atoms with Crippen LogP contribution in [0, 0.1) is 40.9 Å². The molecule has 0 unspecified atom stereocenters. The Bertz CT molecular complexity index is 801. The van der Waals surface area contributed by atoms with Crippen LogP contribution in [0.15, 0.2) is 16.3 Å². The van der Waals surface area contributed by atoms with E-state index in [2.05, 4.69) is 31.0 Å². The van der Waals surface area contributed by atoms with Gasteiger partial charge in [0.15, 0.2) is 5.76 Å². The van der Waals surface area contributed by atoms with E-state index in [9.17, 15) is 5.11 Å². The van der Waals surface area contributed by atoms with Gasteiger partial charge in [0.1, 0.15) is 5.60 Å². The Hall–Kier alpha value is -1.53. The molecule has 1 heterocycles. The number of rotatable bonds is 0. The van der Waals surface area contributed by atoms with Gasteiger partial charge in [0.2, 0.25) is 0 Å². The number of hydrogen-bond acceptors (Lipinski definition) is 3. The number of aromatic nitrogens is 1. The van der Waals surface area contributed by atoms with Crippen LogP contribution < -0.4 is 0 Å². The summed E-state index contributed by atoms with van der Waals surface area (Å²) in [6.07, 6.45) is 17.4. The summed E-state index contributed by atoms with van der Waals surface area (Å²) in [5.41, 5.74) is 1.99. The molecule has 0 bridgehead atoms. The van der Waals surface area contributed by atoms with Crippen molar-refractivity contribution in [1.29, 1.82) is 0 Å². The fraction of sp³-hybridized carbons (Fsp3) is 0.682. The van der Waals surface area contributed by atoms with Crippen molar-refractivity contribution in [3.05, 3.63) is 23.1 Å². The summed E-state index contributed by atoms with van der Waals surface area (Å²) in [4.78, 5) is 0. The largest absolute Gasteiger partial charge is 0.377 e. The number of hydrogen-bond donors (Lipinski definition) is 1. The number of nitrogens with zero attached hydrogens (tertiary/aromatic N) is 1. The van der Waals surface area contributed by atoms with E-state index in [0.29, 0.717) is 17.8 Å². The van der Waals surface area contributed by atoms with Crippen molar-refractivity contribution < 1.29 is 9.63 Å². The lowest BCUT2D eigenvalue weighted by Crippen LogP contribution is -2.54. The molecule has 4 aliphatic rings. The van der Waals surface area contributed by atoms with Gasteiger partial charge in [0.05, 0.1) is 6.20 Å². The molecule has 0 aliphatic heterocycles. The minimum atomic E-state index is -0.909. The molecule has 25 heavy (non-hydrogen) atoms. The maximum atomic E-state index is 11.1. The first kappa shape index (κ1) is 15.7. The molecule has 1 N–H and O–H groups in total. The van der Waals surface area contributed by atoms with Gasteiger partial charge in [0, 0.05) is 11.0 Å². The van der Waals surface area contributed by atoms with Crippen molar-refractivity contribution in [2.24, 2.45) is 28.6 Å². The van der Waals surface area contributed by atoms with Gasteiger partial charge in [-0.05, 0) is 74.2 Å². The third kappa shape index (κ3) is 1.79. The molecule has 6 atom stereocenters. The van der Waals surface area contributed by atoms with Gasteiger partial charge in [0.25, 0.3) is 0 Å². The van der Waals surface area contributed by atoms with Crippen molar-refractivity contribution >= 4 is 6.08 Å². The van der Waals surface area contributed by atoms with Crippen molar-refractivity contribution in [3.63, 3.8) is 0 Å². The number of terminal acetylenes is 1. The molecule has 0 aromatic carbocycles. The molecule has 0 saturated heterocycles. The second-order valence-corrected chi connectivity index (χ2v) is 9.39. The Morgan fingerprint density at radius 2 is 2.04 bits per heavy atom. The van der Waals surface area contributed by atoms with E-state index in [1.807, 2.05) is 6.20 Å². The lowest BCUT2D eigenvalue weighted by Gasteiger charge is -2.58. The van der Waals surface area contributed by atoms with Crippen LogP contribution in [-0.4, -0.2) is 15.9 Å². The van der Waals surface area contributed by atoms with Gasteiger partial charge in [-0.2, -0.15) is 0 Å². The lowest BCUT2D eigenvalue weighted by atomic mass is 9.46. The second-order valence-electron chi connectivity index (χ2n) is 9.39. The van der Waals surface area contributed by atoms with Crippen LogP contribution in [0.25, 0.3) is 6.08 Å². The average Bonchev–Trinajstić information content (AvgIpc) is 3.14. The quantitative estimate of drug-likeness (QED) is 0.721. The molecule has 132 valence electrons. The highest BCUT2D eigenvalue weighted by Gasteiger charge is 2.63. The number of allylic oxidation sites excluding steroid dienone is 1. The predicted molar refractivity (Wildman–Crippen MR) is 96.4 cm³/mol. The molecule has 0 amide bonds. The van der Waals surface area contributed by atoms with Crippen LogP contribution in [0.3, 0.4) is 0 Å². The standard InChI is InChI=1S/C22H27NO2/c1-4-22(24)10-8-18-16-6-5-15-11-19-14(13-23-25-19)12-20(15,2)17(16)7-9-21(18,22)3/h1,11,13,16-18,24H,5-10,12H2,2-3H3/t16-,17-,18+,20-,21-,22+/m0/s1. The van der Waals surface area contributed by atoms with Crippen molar-refractivity contribution in [2.45, 2.75) is 64.4 Å². The van der Waals surface area contributed by atoms with E-state index in [4.69, 9.17) is 10.9 Å². The van der Waals surface area contributed by atoms with Crippen LogP contribution in [0.5, 0.6) is 0 Å². The number of fused-ring (bicyclic) bond motifs is 6. The van der Waals surface area contributed by atoms with Crippen LogP contribution in [0.1, 0.15) is 63.7 Å². The SMILES string of the molecule is C#C[C@@]1(O)CC[C@@H]2[C@H]3CCC4=Cc5oncc5C[C@]4(C)[C@H]3CC[C@@]21C. The molecule has 1 aromatic rings. The Morgan fingerprint density at radius 1 is 1.24 bits per heavy atom. The summed E-state index contributed by atoms with van der Waals surface area (Å²) in [6, 6.07) is 0. The fourth-order valence-electron chi connectivity index (χ4n) is 7.14. The Balaban J connectivity index is 1.53. The molecule has 0 spiro atoms. The molecule has 1 aromatic heterocycles. The predicted octanol–water partition coefficient (Wildman–Crippen LogP) is 4.22. The van der Waals surface area contributed by atoms with E-state index in [1.165, 1.54) is 12.0 Å². The molecule has 3 nitrogen and oxygen atoms in total. The first-order valence-electron chi connectivity index (χ1n) is 9.76. The van der Waals surface area contributed by atoms with Crippen molar-refractivity contribution in [1.82, 2.24) is 5.16 Å². The van der Waals surface area contributed by atoms with E-state index in [0.717, 1.165) is 44.3 Å². The van der Waals surface area contributed by atoms with Crippen LogP contribution in [0.4, 0.5) is 0 Å². The van der Waals surface area contributed by atoms with Gasteiger partial charge in [-0.1, -0.05) is 30.5 Å². The highest BCUT2D eigenvalue weighted by molar-refractivity contribution is 5.57. The molecule has 4 aliphatic carbocycles. The van der Waals surface area contributed by atoms with Gasteiger partial charge in [-0.25, -0.2) is 0 Å². The Labute approximate surface area is 149 Å². The van der Waals surface area contributed by atoms with Crippen LogP contribution in [0.2, 0.25) is 0 Å². The van der Waals surface area contributed by atoms with Gasteiger partial charge < -0.3 is 9.63 Å². The van der Waals surface area contributed by atoms with E-state index < -0.39 is 5.60 Å². The topological polar surface area (TPSA) is 46.3 Å². The van der Waals surface area contributed by atoms with E-state index in [-0.39, 0.29) is 10.8 Å². The summed E-state index contributed by atoms with van der Waals surface area (Å²) in [5, 5.41) is 15.1. The van der Waals surface area contributed by atoms with Crippen molar-refractivity contribution in [2.75, 3.05) is 0 Å². The molecule has 3 saturated carbocycles. The zero-order valence-corrected chi connectivity index (χ0v) is 15.2. The average molecular weight is 337 g/mol. The smallest absolute Gasteiger partial charge is 0.162 e. The fourth-order valence-corrected chi connectivity index (χ4v) is 7.14. The maximum Gasteiger partial charge on any atom is 0.162 e. The molecule has 5 rings (SSSR count). The first-order chi connectivity index (χ1) is 11.9. The monoisotopic (exact) mass is 337 g/mol. The van der Waals surface area contributed by atoms with E-state index in [1.54, 1.807) is 5.57 Å². The minimum absolute atomic E-state index is 0.114. The van der Waals surface area contributed by atoms with Gasteiger partial charge in [-0.3, -0.25) is 0 Å². The third-order valence-corrected chi connectivity index (χ3v) is 8.67. The zero-order valence-electron chi connectivity index (χ0n) is 15.2. The second kappa shape index (κ2) is 4.80. The van der Waals surface area contributed by atoms with Crippen LogP contribution in [-0.2, 0) is 6.42 Å². The number of aliphatic hydroxyl groups is 1. The highest BCUT2D eigenvalue weighted by atomic mass is 16.5. The molecular formula is C22H27NO2. The van der Waals surface area contributed by atoms with E-state index >= 15 is 0 Å². The summed E-state index contributed by atoms with van der Waals surface area (Å²) in [7, 11) is 0. The normalized spacial score (nSPS) is 47.8. The lowest BCUT2D eigenvalue weighted by molar-refractivity contribution is -0.0975. The molecule has 3 heteroatoms. The van der Waals surface area contributed by atoms with Crippen molar-refractivity contribution in [3.8, 4) is 12.3 Å². The molecular weight excluding hydrogens is 310 g/mol.